The fourth-order valence-electron chi connectivity index (χ4n) is 3.33. The Balaban J connectivity index is 1.50. The molecule has 130 valence electrons. The predicted octanol–water partition coefficient (Wildman–Crippen LogP) is 5.56. The Morgan fingerprint density at radius 2 is 1.85 bits per heavy atom. The van der Waals surface area contributed by atoms with Gasteiger partial charge in [0.1, 0.15) is 0 Å². The van der Waals surface area contributed by atoms with Gasteiger partial charge in [-0.05, 0) is 30.3 Å². The number of nitrogens with zero attached hydrogens (tertiary/aromatic N) is 3. The fourth-order valence-corrected chi connectivity index (χ4v) is 4.72. The van der Waals surface area contributed by atoms with Gasteiger partial charge < -0.3 is 4.90 Å². The standard InChI is InChI=1S/C19H14Cl2N4S/c20-12-3-1-11(2-4-12)18-14-10-25(8-7-15(14)23-24-18)19-22-16-6-5-13(21)9-17(16)26-19/h1-6,9H,7-8,10H2,(H,23,24). The molecule has 0 amide bonds. The summed E-state index contributed by atoms with van der Waals surface area (Å²) in [6.07, 6.45) is 0.923. The van der Waals surface area contributed by atoms with Gasteiger partial charge in [0.25, 0.3) is 0 Å². The number of benzene rings is 2. The fraction of sp³-hybridized carbons (Fsp3) is 0.158. The molecule has 3 heterocycles. The van der Waals surface area contributed by atoms with Crippen LogP contribution in [0.3, 0.4) is 0 Å². The third kappa shape index (κ3) is 2.76. The van der Waals surface area contributed by atoms with Crippen LogP contribution in [0.15, 0.2) is 42.5 Å². The molecular weight excluding hydrogens is 387 g/mol. The van der Waals surface area contributed by atoms with E-state index in [0.717, 1.165) is 56.2 Å². The van der Waals surface area contributed by atoms with Gasteiger partial charge in [-0.15, -0.1) is 0 Å². The molecule has 2 aromatic carbocycles. The number of hydrogen-bond donors (Lipinski definition) is 1. The number of H-pyrrole nitrogens is 1. The molecule has 0 bridgehead atoms. The highest BCUT2D eigenvalue weighted by Gasteiger charge is 2.24. The van der Waals surface area contributed by atoms with Crippen LogP contribution in [0.1, 0.15) is 11.3 Å². The average Bonchev–Trinajstić information content (AvgIpc) is 3.25. The molecule has 5 rings (SSSR count). The van der Waals surface area contributed by atoms with E-state index in [1.165, 1.54) is 11.3 Å². The van der Waals surface area contributed by atoms with E-state index in [4.69, 9.17) is 28.2 Å². The van der Waals surface area contributed by atoms with Crippen molar-refractivity contribution in [1.82, 2.24) is 15.2 Å². The zero-order valence-electron chi connectivity index (χ0n) is 13.7. The Kier molecular flexibility index (Phi) is 3.89. The molecule has 0 radical (unpaired) electrons. The van der Waals surface area contributed by atoms with Crippen LogP contribution in [-0.2, 0) is 13.0 Å². The molecule has 0 unspecified atom stereocenters. The van der Waals surface area contributed by atoms with E-state index < -0.39 is 0 Å². The van der Waals surface area contributed by atoms with Crippen molar-refractivity contribution in [3.63, 3.8) is 0 Å². The van der Waals surface area contributed by atoms with Crippen LogP contribution in [0.5, 0.6) is 0 Å². The highest BCUT2D eigenvalue weighted by molar-refractivity contribution is 7.22. The molecule has 0 spiro atoms. The number of nitrogens with one attached hydrogen (secondary N) is 1. The van der Waals surface area contributed by atoms with Gasteiger partial charge in [0, 0.05) is 46.4 Å². The molecule has 1 aliphatic heterocycles. The monoisotopic (exact) mass is 400 g/mol. The first-order valence-corrected chi connectivity index (χ1v) is 9.88. The first kappa shape index (κ1) is 16.1. The number of rotatable bonds is 2. The Morgan fingerprint density at radius 3 is 2.69 bits per heavy atom. The average molecular weight is 401 g/mol. The first-order chi connectivity index (χ1) is 12.7. The number of aromatic amines is 1. The highest BCUT2D eigenvalue weighted by Crippen LogP contribution is 2.35. The molecule has 0 atom stereocenters. The molecule has 1 N–H and O–H groups in total. The number of fused-ring (bicyclic) bond motifs is 2. The molecule has 4 nitrogen and oxygen atoms in total. The largest absolute Gasteiger partial charge is 0.343 e. The minimum atomic E-state index is 0.730. The van der Waals surface area contributed by atoms with E-state index in [-0.39, 0.29) is 0 Å². The Labute approximate surface area is 164 Å². The summed E-state index contributed by atoms with van der Waals surface area (Å²) in [4.78, 5) is 7.10. The Morgan fingerprint density at radius 1 is 1.04 bits per heavy atom. The van der Waals surface area contributed by atoms with Crippen LogP contribution in [0.25, 0.3) is 21.5 Å². The van der Waals surface area contributed by atoms with Gasteiger partial charge in [-0.1, -0.05) is 46.7 Å². The second-order valence-electron chi connectivity index (χ2n) is 6.32. The number of anilines is 1. The third-order valence-electron chi connectivity index (χ3n) is 4.66. The second kappa shape index (κ2) is 6.27. The topological polar surface area (TPSA) is 44.8 Å². The van der Waals surface area contributed by atoms with E-state index in [2.05, 4.69) is 15.1 Å². The zero-order valence-corrected chi connectivity index (χ0v) is 16.0. The lowest BCUT2D eigenvalue weighted by Gasteiger charge is -2.26. The lowest BCUT2D eigenvalue weighted by molar-refractivity contribution is 0.719. The van der Waals surface area contributed by atoms with Gasteiger partial charge in [-0.2, -0.15) is 5.10 Å². The number of thiazole rings is 1. The van der Waals surface area contributed by atoms with Crippen molar-refractivity contribution in [3.8, 4) is 11.3 Å². The number of hydrogen-bond acceptors (Lipinski definition) is 4. The summed E-state index contributed by atoms with van der Waals surface area (Å²) < 4.78 is 1.11. The van der Waals surface area contributed by atoms with E-state index in [9.17, 15) is 0 Å². The molecule has 0 fully saturated rings. The van der Waals surface area contributed by atoms with Gasteiger partial charge >= 0.3 is 0 Å². The van der Waals surface area contributed by atoms with Crippen molar-refractivity contribution >= 4 is 49.9 Å². The van der Waals surface area contributed by atoms with E-state index in [0.29, 0.717) is 0 Å². The molecule has 26 heavy (non-hydrogen) atoms. The van der Waals surface area contributed by atoms with E-state index in [1.807, 2.05) is 42.5 Å². The lowest BCUT2D eigenvalue weighted by atomic mass is 10.0. The van der Waals surface area contributed by atoms with Gasteiger partial charge in [-0.25, -0.2) is 4.98 Å². The van der Waals surface area contributed by atoms with Crippen molar-refractivity contribution in [3.05, 3.63) is 63.8 Å². The summed E-state index contributed by atoms with van der Waals surface area (Å²) in [6, 6.07) is 13.7. The van der Waals surface area contributed by atoms with Crippen molar-refractivity contribution in [2.24, 2.45) is 0 Å². The van der Waals surface area contributed by atoms with E-state index >= 15 is 0 Å². The van der Waals surface area contributed by atoms with Crippen molar-refractivity contribution < 1.29 is 0 Å². The third-order valence-corrected chi connectivity index (χ3v) is 6.23. The molecule has 2 aromatic heterocycles. The molecule has 0 aliphatic carbocycles. The van der Waals surface area contributed by atoms with Crippen molar-refractivity contribution in [1.29, 1.82) is 0 Å². The normalized spacial score (nSPS) is 14.0. The second-order valence-corrected chi connectivity index (χ2v) is 8.20. The zero-order chi connectivity index (χ0) is 17.7. The number of aromatic nitrogens is 3. The van der Waals surface area contributed by atoms with Crippen LogP contribution >= 0.6 is 34.5 Å². The minimum Gasteiger partial charge on any atom is -0.343 e. The molecule has 4 aromatic rings. The SMILES string of the molecule is Clc1ccc(-c2n[nH]c3c2CN(c2nc4ccc(Cl)cc4s2)CC3)cc1. The predicted molar refractivity (Wildman–Crippen MR) is 108 cm³/mol. The van der Waals surface area contributed by atoms with Crippen LogP contribution in [0.4, 0.5) is 5.13 Å². The summed E-state index contributed by atoms with van der Waals surface area (Å²) in [5.74, 6) is 0. The Bertz CT molecular complexity index is 1100. The maximum Gasteiger partial charge on any atom is 0.186 e. The first-order valence-electron chi connectivity index (χ1n) is 8.30. The summed E-state index contributed by atoms with van der Waals surface area (Å²) in [6.45, 7) is 1.71. The summed E-state index contributed by atoms with van der Waals surface area (Å²) in [7, 11) is 0. The highest BCUT2D eigenvalue weighted by atomic mass is 35.5. The summed E-state index contributed by atoms with van der Waals surface area (Å²) in [5, 5.41) is 10.3. The number of halogens is 2. The van der Waals surface area contributed by atoms with Gasteiger partial charge in [0.05, 0.1) is 15.9 Å². The molecule has 7 heteroatoms. The van der Waals surface area contributed by atoms with E-state index in [1.54, 1.807) is 11.3 Å². The van der Waals surface area contributed by atoms with Crippen LogP contribution in [0, 0.1) is 0 Å². The quantitative estimate of drug-likeness (QED) is 0.479. The van der Waals surface area contributed by atoms with Gasteiger partial charge in [0.15, 0.2) is 5.13 Å². The Hall–Kier alpha value is -2.08. The van der Waals surface area contributed by atoms with Crippen molar-refractivity contribution in [2.75, 3.05) is 11.4 Å². The smallest absolute Gasteiger partial charge is 0.186 e. The van der Waals surface area contributed by atoms with Crippen LogP contribution in [0.2, 0.25) is 10.0 Å². The maximum atomic E-state index is 6.11. The summed E-state index contributed by atoms with van der Waals surface area (Å²) >= 11 is 13.8. The summed E-state index contributed by atoms with van der Waals surface area (Å²) in [5.41, 5.74) is 5.49. The van der Waals surface area contributed by atoms with Crippen LogP contribution < -0.4 is 4.90 Å². The minimum absolute atomic E-state index is 0.730. The maximum absolute atomic E-state index is 6.11. The lowest BCUT2D eigenvalue weighted by Crippen LogP contribution is -2.30. The van der Waals surface area contributed by atoms with Crippen LogP contribution in [-0.4, -0.2) is 21.7 Å². The molecule has 0 saturated carbocycles. The molecular formula is C19H14Cl2N4S. The van der Waals surface area contributed by atoms with Gasteiger partial charge in [-0.3, -0.25) is 5.10 Å². The van der Waals surface area contributed by atoms with Gasteiger partial charge in [0.2, 0.25) is 0 Å². The molecule has 0 saturated heterocycles. The van der Waals surface area contributed by atoms with Crippen molar-refractivity contribution in [2.45, 2.75) is 13.0 Å². The molecule has 1 aliphatic rings.